The van der Waals surface area contributed by atoms with Gasteiger partial charge in [-0.3, -0.25) is 4.68 Å². The van der Waals surface area contributed by atoms with Gasteiger partial charge in [0.2, 0.25) is 0 Å². The van der Waals surface area contributed by atoms with Crippen molar-refractivity contribution in [3.05, 3.63) is 53.3 Å². The van der Waals surface area contributed by atoms with E-state index >= 15 is 0 Å². The molecule has 2 aromatic rings. The summed E-state index contributed by atoms with van der Waals surface area (Å²) in [5.41, 5.74) is 3.73. The maximum Gasteiger partial charge on any atom is 0.0521 e. The van der Waals surface area contributed by atoms with E-state index in [-0.39, 0.29) is 12.5 Å². The highest BCUT2D eigenvalue weighted by atomic mass is 16.3. The number of aliphatic hydroxyl groups excluding tert-OH is 1. The zero-order valence-corrected chi connectivity index (χ0v) is 11.0. The zero-order valence-electron chi connectivity index (χ0n) is 11.0. The van der Waals surface area contributed by atoms with Gasteiger partial charge in [-0.25, -0.2) is 0 Å². The molecule has 1 heterocycles. The van der Waals surface area contributed by atoms with Crippen molar-refractivity contribution in [1.82, 2.24) is 9.78 Å². The second kappa shape index (κ2) is 5.83. The Morgan fingerprint density at radius 1 is 1.17 bits per heavy atom. The van der Waals surface area contributed by atoms with Crippen LogP contribution < -0.4 is 0 Å². The summed E-state index contributed by atoms with van der Waals surface area (Å²) >= 11 is 0. The summed E-state index contributed by atoms with van der Waals surface area (Å²) in [6.07, 6.45) is 5.67. The highest BCUT2D eigenvalue weighted by molar-refractivity contribution is 5.22. The van der Waals surface area contributed by atoms with Gasteiger partial charge in [0.25, 0.3) is 0 Å². The van der Waals surface area contributed by atoms with Gasteiger partial charge >= 0.3 is 0 Å². The van der Waals surface area contributed by atoms with E-state index in [1.165, 1.54) is 16.7 Å². The fourth-order valence-corrected chi connectivity index (χ4v) is 2.17. The lowest BCUT2D eigenvalue weighted by atomic mass is 9.94. The first-order chi connectivity index (χ1) is 8.67. The Bertz CT molecular complexity index is 487. The van der Waals surface area contributed by atoms with Crippen molar-refractivity contribution in [2.75, 3.05) is 6.61 Å². The maximum atomic E-state index is 9.48. The van der Waals surface area contributed by atoms with E-state index in [4.69, 9.17) is 0 Å². The number of hydrogen-bond donors (Lipinski definition) is 1. The van der Waals surface area contributed by atoms with E-state index in [1.54, 1.807) is 4.68 Å². The molecule has 1 unspecified atom stereocenters. The maximum absolute atomic E-state index is 9.48. The van der Waals surface area contributed by atoms with Gasteiger partial charge in [-0.15, -0.1) is 0 Å². The Morgan fingerprint density at radius 3 is 2.39 bits per heavy atom. The van der Waals surface area contributed by atoms with Gasteiger partial charge in [-0.2, -0.15) is 5.10 Å². The number of aromatic nitrogens is 2. The fraction of sp³-hybridized carbons (Fsp3) is 0.400. The molecule has 1 atom stereocenters. The molecule has 0 amide bonds. The van der Waals surface area contributed by atoms with Crippen molar-refractivity contribution in [2.24, 2.45) is 13.0 Å². The minimum Gasteiger partial charge on any atom is -0.396 e. The first kappa shape index (κ1) is 12.8. The molecular formula is C15H20N2O. The van der Waals surface area contributed by atoms with Crippen LogP contribution in [0.2, 0.25) is 0 Å². The van der Waals surface area contributed by atoms with Crippen LogP contribution in [0.3, 0.4) is 0 Å². The minimum atomic E-state index is 0.211. The predicted octanol–water partition coefficient (Wildman–Crippen LogP) is 2.12. The van der Waals surface area contributed by atoms with Crippen LogP contribution in [0.1, 0.15) is 16.7 Å². The standard InChI is InChI=1S/C15H20N2O/c1-12-3-5-13(6-4-12)7-14(11-18)8-15-9-16-17(2)10-15/h3-6,9-10,14,18H,7-8,11H2,1-2H3. The molecule has 96 valence electrons. The number of benzene rings is 1. The van der Waals surface area contributed by atoms with Crippen LogP contribution in [0.4, 0.5) is 0 Å². The number of aliphatic hydroxyl groups is 1. The lowest BCUT2D eigenvalue weighted by Gasteiger charge is -2.13. The van der Waals surface area contributed by atoms with Gasteiger partial charge in [0.15, 0.2) is 0 Å². The Morgan fingerprint density at radius 2 is 1.83 bits per heavy atom. The molecule has 1 N–H and O–H groups in total. The number of hydrogen-bond acceptors (Lipinski definition) is 2. The molecule has 18 heavy (non-hydrogen) atoms. The summed E-state index contributed by atoms with van der Waals surface area (Å²) < 4.78 is 1.80. The van der Waals surface area contributed by atoms with Crippen LogP contribution in [0, 0.1) is 12.8 Å². The van der Waals surface area contributed by atoms with Gasteiger partial charge < -0.3 is 5.11 Å². The number of aryl methyl sites for hydroxylation is 2. The lowest BCUT2D eigenvalue weighted by molar-refractivity contribution is 0.225. The third-order valence-corrected chi connectivity index (χ3v) is 3.19. The van der Waals surface area contributed by atoms with E-state index < -0.39 is 0 Å². The molecule has 0 saturated heterocycles. The van der Waals surface area contributed by atoms with Gasteiger partial charge in [0.05, 0.1) is 6.20 Å². The SMILES string of the molecule is Cc1ccc(CC(CO)Cc2cnn(C)c2)cc1. The Kier molecular flexibility index (Phi) is 4.15. The summed E-state index contributed by atoms with van der Waals surface area (Å²) in [7, 11) is 1.91. The van der Waals surface area contributed by atoms with Crippen LogP contribution >= 0.6 is 0 Å². The molecule has 0 saturated carbocycles. The molecule has 0 bridgehead atoms. The Labute approximate surface area is 108 Å². The van der Waals surface area contributed by atoms with E-state index in [0.29, 0.717) is 0 Å². The van der Waals surface area contributed by atoms with E-state index in [0.717, 1.165) is 12.8 Å². The van der Waals surface area contributed by atoms with Gasteiger partial charge in [0.1, 0.15) is 0 Å². The second-order valence-corrected chi connectivity index (χ2v) is 4.96. The lowest BCUT2D eigenvalue weighted by Crippen LogP contribution is -2.12. The molecule has 0 spiro atoms. The average molecular weight is 244 g/mol. The summed E-state index contributed by atoms with van der Waals surface area (Å²) in [5, 5.41) is 13.6. The summed E-state index contributed by atoms with van der Waals surface area (Å²) in [6, 6.07) is 8.52. The largest absolute Gasteiger partial charge is 0.396 e. The average Bonchev–Trinajstić information content (AvgIpc) is 2.77. The first-order valence-electron chi connectivity index (χ1n) is 6.31. The van der Waals surface area contributed by atoms with Gasteiger partial charge in [-0.1, -0.05) is 29.8 Å². The molecule has 1 aromatic heterocycles. The van der Waals surface area contributed by atoms with Crippen LogP contribution in [0.25, 0.3) is 0 Å². The molecule has 2 rings (SSSR count). The molecular weight excluding hydrogens is 224 g/mol. The molecule has 1 aromatic carbocycles. The summed E-state index contributed by atoms with van der Waals surface area (Å²) in [5.74, 6) is 0.261. The minimum absolute atomic E-state index is 0.211. The van der Waals surface area contributed by atoms with E-state index in [9.17, 15) is 5.11 Å². The molecule has 3 nitrogen and oxygen atoms in total. The van der Waals surface area contributed by atoms with E-state index in [2.05, 4.69) is 36.3 Å². The number of nitrogens with zero attached hydrogens (tertiary/aromatic N) is 2. The second-order valence-electron chi connectivity index (χ2n) is 4.96. The first-order valence-corrected chi connectivity index (χ1v) is 6.31. The quantitative estimate of drug-likeness (QED) is 0.875. The third-order valence-electron chi connectivity index (χ3n) is 3.19. The summed E-state index contributed by atoms with van der Waals surface area (Å²) in [6.45, 7) is 2.30. The highest BCUT2D eigenvalue weighted by Crippen LogP contribution is 2.14. The molecule has 3 heteroatoms. The molecule has 0 radical (unpaired) electrons. The molecule has 0 aliphatic carbocycles. The van der Waals surface area contributed by atoms with Crippen molar-refractivity contribution < 1.29 is 5.11 Å². The van der Waals surface area contributed by atoms with Crippen molar-refractivity contribution >= 4 is 0 Å². The van der Waals surface area contributed by atoms with Crippen molar-refractivity contribution in [1.29, 1.82) is 0 Å². The van der Waals surface area contributed by atoms with Crippen molar-refractivity contribution in [3.8, 4) is 0 Å². The van der Waals surface area contributed by atoms with Crippen LogP contribution in [-0.4, -0.2) is 21.5 Å². The molecule has 0 fully saturated rings. The predicted molar refractivity (Wildman–Crippen MR) is 72.4 cm³/mol. The topological polar surface area (TPSA) is 38.1 Å². The normalized spacial score (nSPS) is 12.6. The van der Waals surface area contributed by atoms with Crippen molar-refractivity contribution in [2.45, 2.75) is 19.8 Å². The zero-order chi connectivity index (χ0) is 13.0. The van der Waals surface area contributed by atoms with E-state index in [1.807, 2.05) is 19.4 Å². The Balaban J connectivity index is 1.99. The van der Waals surface area contributed by atoms with Gasteiger partial charge in [0, 0.05) is 19.9 Å². The van der Waals surface area contributed by atoms with Gasteiger partial charge in [-0.05, 0) is 36.8 Å². The Hall–Kier alpha value is -1.61. The van der Waals surface area contributed by atoms with Crippen LogP contribution in [-0.2, 0) is 19.9 Å². The van der Waals surface area contributed by atoms with Crippen molar-refractivity contribution in [3.63, 3.8) is 0 Å². The molecule has 0 aliphatic rings. The monoisotopic (exact) mass is 244 g/mol. The number of rotatable bonds is 5. The smallest absolute Gasteiger partial charge is 0.0521 e. The fourth-order valence-electron chi connectivity index (χ4n) is 2.17. The van der Waals surface area contributed by atoms with Crippen LogP contribution in [0.5, 0.6) is 0 Å². The highest BCUT2D eigenvalue weighted by Gasteiger charge is 2.10. The molecule has 0 aliphatic heterocycles. The van der Waals surface area contributed by atoms with Crippen LogP contribution in [0.15, 0.2) is 36.7 Å². The third kappa shape index (κ3) is 3.44. The summed E-state index contributed by atoms with van der Waals surface area (Å²) in [4.78, 5) is 0.